The van der Waals surface area contributed by atoms with Crippen molar-refractivity contribution < 1.29 is 0 Å². The third-order valence-electron chi connectivity index (χ3n) is 4.49. The van der Waals surface area contributed by atoms with Gasteiger partial charge in [-0.05, 0) is 30.9 Å². The number of fused-ring (bicyclic) bond motifs is 1. The van der Waals surface area contributed by atoms with Crippen LogP contribution in [0.1, 0.15) is 40.0 Å². The van der Waals surface area contributed by atoms with Crippen molar-refractivity contribution in [2.24, 2.45) is 5.92 Å². The highest BCUT2D eigenvalue weighted by Crippen LogP contribution is 2.23. The molecule has 0 saturated heterocycles. The van der Waals surface area contributed by atoms with E-state index in [9.17, 15) is 9.59 Å². The summed E-state index contributed by atoms with van der Waals surface area (Å²) < 4.78 is 3.52. The van der Waals surface area contributed by atoms with Gasteiger partial charge >= 0.3 is 5.69 Å². The molecule has 0 atom stereocenters. The van der Waals surface area contributed by atoms with Gasteiger partial charge in [-0.25, -0.2) is 9.78 Å². The molecule has 0 amide bonds. The molecule has 0 aliphatic carbocycles. The number of hydrogen-bond acceptors (Lipinski definition) is 4. The van der Waals surface area contributed by atoms with Crippen LogP contribution in [0, 0.1) is 5.92 Å². The number of rotatable bonds is 7. The number of hydrogen-bond donors (Lipinski definition) is 1. The minimum absolute atomic E-state index is 0.380. The number of pyridine rings is 1. The molecule has 7 heteroatoms. The lowest BCUT2D eigenvalue weighted by atomic mass is 10.1. The fourth-order valence-corrected chi connectivity index (χ4v) is 3.02. The quantitative estimate of drug-likeness (QED) is 0.706. The Kier molecular flexibility index (Phi) is 5.35. The first kappa shape index (κ1) is 18.1. The van der Waals surface area contributed by atoms with Crippen molar-refractivity contribution >= 4 is 11.2 Å². The molecule has 3 aromatic heterocycles. The zero-order chi connectivity index (χ0) is 18.7. The monoisotopic (exact) mass is 355 g/mol. The molecule has 7 nitrogen and oxygen atoms in total. The standard InChI is InChI=1S/C19H25N5O2/c1-4-5-11-24-17-15(18(25)22-19(24)26)23(12-8-13(2)3)16(21-17)14-6-9-20-10-7-14/h6-7,9-10,13H,4-5,8,11-12H2,1-3H3,(H,22,25,26). The molecule has 3 aromatic rings. The first-order valence-corrected chi connectivity index (χ1v) is 9.16. The lowest BCUT2D eigenvalue weighted by Gasteiger charge is -2.11. The number of nitrogens with one attached hydrogen (secondary N) is 1. The summed E-state index contributed by atoms with van der Waals surface area (Å²) >= 11 is 0. The highest BCUT2D eigenvalue weighted by Gasteiger charge is 2.19. The molecule has 0 aliphatic rings. The molecule has 138 valence electrons. The number of nitrogens with zero attached hydrogens (tertiary/aromatic N) is 4. The van der Waals surface area contributed by atoms with E-state index in [0.29, 0.717) is 36.0 Å². The van der Waals surface area contributed by atoms with Crippen molar-refractivity contribution in [3.63, 3.8) is 0 Å². The Morgan fingerprint density at radius 2 is 1.85 bits per heavy atom. The summed E-state index contributed by atoms with van der Waals surface area (Å²) in [6.45, 7) is 7.57. The van der Waals surface area contributed by atoms with E-state index >= 15 is 0 Å². The van der Waals surface area contributed by atoms with Gasteiger partial charge in [0.1, 0.15) is 5.82 Å². The van der Waals surface area contributed by atoms with Crippen LogP contribution in [0.3, 0.4) is 0 Å². The molecule has 3 rings (SSSR count). The van der Waals surface area contributed by atoms with Gasteiger partial charge in [0.15, 0.2) is 11.2 Å². The predicted octanol–water partition coefficient (Wildman–Crippen LogP) is 2.79. The maximum absolute atomic E-state index is 12.6. The van der Waals surface area contributed by atoms with Gasteiger partial charge in [-0.2, -0.15) is 0 Å². The fourth-order valence-electron chi connectivity index (χ4n) is 3.02. The van der Waals surface area contributed by atoms with Crippen LogP contribution in [0.15, 0.2) is 34.1 Å². The third kappa shape index (κ3) is 3.47. The molecule has 0 aromatic carbocycles. The fraction of sp³-hybridized carbons (Fsp3) is 0.474. The van der Waals surface area contributed by atoms with E-state index in [1.54, 1.807) is 17.0 Å². The van der Waals surface area contributed by atoms with Crippen molar-refractivity contribution in [1.29, 1.82) is 0 Å². The number of aromatic nitrogens is 5. The first-order chi connectivity index (χ1) is 12.5. The van der Waals surface area contributed by atoms with E-state index in [0.717, 1.165) is 24.8 Å². The van der Waals surface area contributed by atoms with Crippen molar-refractivity contribution in [2.45, 2.75) is 53.1 Å². The lowest BCUT2D eigenvalue weighted by molar-refractivity contribution is 0.524. The van der Waals surface area contributed by atoms with Crippen LogP contribution in [0.2, 0.25) is 0 Å². The van der Waals surface area contributed by atoms with Crippen molar-refractivity contribution in [3.8, 4) is 11.4 Å². The van der Waals surface area contributed by atoms with E-state index in [-0.39, 0.29) is 5.56 Å². The van der Waals surface area contributed by atoms with E-state index < -0.39 is 5.69 Å². The maximum atomic E-state index is 12.6. The Labute approximate surface area is 151 Å². The summed E-state index contributed by atoms with van der Waals surface area (Å²) in [4.78, 5) is 36.2. The van der Waals surface area contributed by atoms with E-state index in [2.05, 4.69) is 30.7 Å². The topological polar surface area (TPSA) is 85.6 Å². The van der Waals surface area contributed by atoms with Crippen LogP contribution in [-0.2, 0) is 13.1 Å². The zero-order valence-corrected chi connectivity index (χ0v) is 15.5. The molecule has 0 bridgehead atoms. The summed E-state index contributed by atoms with van der Waals surface area (Å²) in [5, 5.41) is 0. The first-order valence-electron chi connectivity index (χ1n) is 9.16. The van der Waals surface area contributed by atoms with Gasteiger partial charge in [-0.15, -0.1) is 0 Å². The minimum Gasteiger partial charge on any atom is -0.318 e. The molecular formula is C19H25N5O2. The Balaban J connectivity index is 2.28. The molecular weight excluding hydrogens is 330 g/mol. The van der Waals surface area contributed by atoms with Crippen molar-refractivity contribution in [1.82, 2.24) is 24.1 Å². The lowest BCUT2D eigenvalue weighted by Crippen LogP contribution is -2.31. The second-order valence-corrected chi connectivity index (χ2v) is 6.94. The molecule has 0 spiro atoms. The van der Waals surface area contributed by atoms with Gasteiger partial charge < -0.3 is 4.57 Å². The van der Waals surface area contributed by atoms with Crippen LogP contribution in [0.25, 0.3) is 22.6 Å². The summed E-state index contributed by atoms with van der Waals surface area (Å²) in [5.74, 6) is 1.19. The Bertz CT molecular complexity index is 998. The van der Waals surface area contributed by atoms with Gasteiger partial charge in [-0.1, -0.05) is 27.2 Å². The van der Waals surface area contributed by atoms with Gasteiger partial charge in [0.2, 0.25) is 0 Å². The van der Waals surface area contributed by atoms with Gasteiger partial charge in [-0.3, -0.25) is 19.3 Å². The molecule has 26 heavy (non-hydrogen) atoms. The molecule has 0 fully saturated rings. The van der Waals surface area contributed by atoms with Crippen LogP contribution in [0.4, 0.5) is 0 Å². The Morgan fingerprint density at radius 3 is 2.50 bits per heavy atom. The third-order valence-corrected chi connectivity index (χ3v) is 4.49. The second-order valence-electron chi connectivity index (χ2n) is 6.94. The van der Waals surface area contributed by atoms with Gasteiger partial charge in [0, 0.05) is 31.0 Å². The average Bonchev–Trinajstić information content (AvgIpc) is 3.00. The average molecular weight is 355 g/mol. The van der Waals surface area contributed by atoms with Crippen LogP contribution < -0.4 is 11.2 Å². The molecule has 1 N–H and O–H groups in total. The number of imidazole rings is 1. The Hall–Kier alpha value is -2.70. The van der Waals surface area contributed by atoms with Crippen molar-refractivity contribution in [2.75, 3.05) is 0 Å². The highest BCUT2D eigenvalue weighted by atomic mass is 16.2. The normalized spacial score (nSPS) is 11.5. The number of aryl methyl sites for hydroxylation is 2. The van der Waals surface area contributed by atoms with Crippen LogP contribution >= 0.6 is 0 Å². The number of unbranched alkanes of at least 4 members (excludes halogenated alkanes) is 1. The summed E-state index contributed by atoms with van der Waals surface area (Å²) in [6.07, 6.45) is 6.13. The number of H-pyrrole nitrogens is 1. The zero-order valence-electron chi connectivity index (χ0n) is 15.5. The van der Waals surface area contributed by atoms with Crippen LogP contribution in [0.5, 0.6) is 0 Å². The summed E-state index contributed by atoms with van der Waals surface area (Å²) in [6, 6.07) is 3.74. The van der Waals surface area contributed by atoms with Crippen molar-refractivity contribution in [3.05, 3.63) is 45.4 Å². The molecule has 0 unspecified atom stereocenters. The van der Waals surface area contributed by atoms with E-state index in [1.807, 2.05) is 16.7 Å². The minimum atomic E-state index is -0.397. The SMILES string of the molecule is CCCCn1c(=O)[nH]c(=O)c2c1nc(-c1ccncc1)n2CCC(C)C. The van der Waals surface area contributed by atoms with E-state index in [4.69, 9.17) is 4.98 Å². The maximum Gasteiger partial charge on any atom is 0.330 e. The molecule has 3 heterocycles. The summed E-state index contributed by atoms with van der Waals surface area (Å²) in [5.41, 5.74) is 1.03. The van der Waals surface area contributed by atoms with Gasteiger partial charge in [0.25, 0.3) is 5.56 Å². The summed E-state index contributed by atoms with van der Waals surface area (Å²) in [7, 11) is 0. The van der Waals surface area contributed by atoms with E-state index in [1.165, 1.54) is 0 Å². The predicted molar refractivity (Wildman–Crippen MR) is 102 cm³/mol. The largest absolute Gasteiger partial charge is 0.330 e. The Morgan fingerprint density at radius 1 is 1.12 bits per heavy atom. The second kappa shape index (κ2) is 7.68. The van der Waals surface area contributed by atoms with Gasteiger partial charge in [0.05, 0.1) is 0 Å². The molecule has 0 saturated carbocycles. The molecule has 0 radical (unpaired) electrons. The molecule has 0 aliphatic heterocycles. The van der Waals surface area contributed by atoms with Crippen LogP contribution in [-0.4, -0.2) is 24.1 Å². The number of aromatic amines is 1. The smallest absolute Gasteiger partial charge is 0.318 e. The highest BCUT2D eigenvalue weighted by molar-refractivity contribution is 5.76.